The van der Waals surface area contributed by atoms with Crippen molar-refractivity contribution in [2.24, 2.45) is 0 Å². The average molecular weight is 447 g/mol. The maximum atomic E-state index is 14.6. The lowest BCUT2D eigenvalue weighted by Gasteiger charge is -2.40. The first-order chi connectivity index (χ1) is 15.2. The molecule has 0 aliphatic carbocycles. The molecule has 32 heavy (non-hydrogen) atoms. The van der Waals surface area contributed by atoms with Gasteiger partial charge in [0.1, 0.15) is 23.6 Å². The molecule has 2 aliphatic rings. The summed E-state index contributed by atoms with van der Waals surface area (Å²) >= 11 is 0. The molecule has 10 heteroatoms. The molecule has 2 fully saturated rings. The Labute approximate surface area is 181 Å². The largest absolute Gasteiger partial charge is 0.442 e. The highest BCUT2D eigenvalue weighted by Gasteiger charge is 2.35. The Bertz CT molecular complexity index is 1060. The van der Waals surface area contributed by atoms with Crippen LogP contribution >= 0.6 is 0 Å². The zero-order valence-corrected chi connectivity index (χ0v) is 17.1. The summed E-state index contributed by atoms with van der Waals surface area (Å²) < 4.78 is 47.9. The average Bonchev–Trinajstić information content (AvgIpc) is 2.64. The minimum Gasteiger partial charge on any atom is -0.442 e. The van der Waals surface area contributed by atoms with Crippen LogP contribution in [0, 0.1) is 24.4 Å². The van der Waals surface area contributed by atoms with Gasteiger partial charge in [0, 0.05) is 23.4 Å². The standard InChI is InChI=1S/C22H20F3N3O4/c1-11-4-12(23)6-13(5-11)26-22(31)32-15-9-28(10-15)14-7-17(24)20(18(25)8-14)16-2-3-19(29)27-21(16)30/h4-8,15-16H,2-3,9-10H2,1H3,(H,26,31)(H,27,29,30). The van der Waals surface area contributed by atoms with Gasteiger partial charge in [0.2, 0.25) is 11.8 Å². The van der Waals surface area contributed by atoms with Gasteiger partial charge in [-0.25, -0.2) is 18.0 Å². The summed E-state index contributed by atoms with van der Waals surface area (Å²) in [6.45, 7) is 2.12. The number of halogens is 3. The van der Waals surface area contributed by atoms with Gasteiger partial charge in [0.25, 0.3) is 0 Å². The SMILES string of the molecule is Cc1cc(F)cc(NC(=O)OC2CN(c3cc(F)c(C4CCC(=O)NC4=O)c(F)c3)C2)c1. The van der Waals surface area contributed by atoms with Crippen molar-refractivity contribution in [3.8, 4) is 0 Å². The molecule has 2 aromatic rings. The van der Waals surface area contributed by atoms with Gasteiger partial charge in [0.05, 0.1) is 19.0 Å². The lowest BCUT2D eigenvalue weighted by Crippen LogP contribution is -2.53. The molecule has 1 atom stereocenters. The Morgan fingerprint density at radius 2 is 1.78 bits per heavy atom. The third kappa shape index (κ3) is 4.53. The van der Waals surface area contributed by atoms with Crippen molar-refractivity contribution in [3.05, 3.63) is 58.9 Å². The van der Waals surface area contributed by atoms with E-state index in [-0.39, 0.29) is 42.9 Å². The molecular formula is C22H20F3N3O4. The van der Waals surface area contributed by atoms with Crippen LogP contribution in [0.1, 0.15) is 29.9 Å². The molecule has 0 bridgehead atoms. The van der Waals surface area contributed by atoms with Crippen LogP contribution in [0.4, 0.5) is 29.3 Å². The van der Waals surface area contributed by atoms with Crippen molar-refractivity contribution < 1.29 is 32.3 Å². The predicted molar refractivity (Wildman–Crippen MR) is 109 cm³/mol. The third-order valence-corrected chi connectivity index (χ3v) is 5.43. The van der Waals surface area contributed by atoms with Crippen LogP contribution < -0.4 is 15.5 Å². The summed E-state index contributed by atoms with van der Waals surface area (Å²) in [5.41, 5.74) is 0.783. The van der Waals surface area contributed by atoms with E-state index in [0.717, 1.165) is 18.2 Å². The fourth-order valence-electron chi connectivity index (χ4n) is 3.89. The molecule has 0 spiro atoms. The Balaban J connectivity index is 1.36. The van der Waals surface area contributed by atoms with Crippen molar-refractivity contribution in [1.82, 2.24) is 5.32 Å². The lowest BCUT2D eigenvalue weighted by atomic mass is 9.89. The number of amides is 3. The first kappa shape index (κ1) is 21.7. The first-order valence-electron chi connectivity index (χ1n) is 10.0. The Morgan fingerprint density at radius 1 is 1.09 bits per heavy atom. The summed E-state index contributed by atoms with van der Waals surface area (Å²) in [5, 5.41) is 4.54. The van der Waals surface area contributed by atoms with Crippen LogP contribution in [0.5, 0.6) is 0 Å². The Morgan fingerprint density at radius 3 is 2.41 bits per heavy atom. The summed E-state index contributed by atoms with van der Waals surface area (Å²) in [6.07, 6.45) is -1.22. The molecular weight excluding hydrogens is 427 g/mol. The number of piperidine rings is 1. The number of benzene rings is 2. The van der Waals surface area contributed by atoms with E-state index < -0.39 is 47.4 Å². The number of aryl methyl sites for hydroxylation is 1. The van der Waals surface area contributed by atoms with Crippen molar-refractivity contribution >= 4 is 29.3 Å². The van der Waals surface area contributed by atoms with Gasteiger partial charge in [0.15, 0.2) is 0 Å². The zero-order chi connectivity index (χ0) is 23.0. The molecule has 1 unspecified atom stereocenters. The quantitative estimate of drug-likeness (QED) is 0.702. The van der Waals surface area contributed by atoms with Crippen molar-refractivity contribution in [2.75, 3.05) is 23.3 Å². The second-order valence-corrected chi connectivity index (χ2v) is 7.90. The summed E-state index contributed by atoms with van der Waals surface area (Å²) in [7, 11) is 0. The molecule has 2 N–H and O–H groups in total. The number of carbonyl (C=O) groups is 3. The van der Waals surface area contributed by atoms with E-state index in [0.29, 0.717) is 5.56 Å². The van der Waals surface area contributed by atoms with E-state index in [1.54, 1.807) is 17.9 Å². The number of nitrogens with zero attached hydrogens (tertiary/aromatic N) is 1. The zero-order valence-electron chi connectivity index (χ0n) is 17.1. The molecule has 2 aliphatic heterocycles. The molecule has 7 nitrogen and oxygen atoms in total. The van der Waals surface area contributed by atoms with E-state index in [9.17, 15) is 27.6 Å². The minimum atomic E-state index is -1.07. The highest BCUT2D eigenvalue weighted by Crippen LogP contribution is 2.33. The van der Waals surface area contributed by atoms with Crippen LogP contribution in [-0.4, -0.2) is 37.1 Å². The van der Waals surface area contributed by atoms with E-state index >= 15 is 0 Å². The van der Waals surface area contributed by atoms with Crippen molar-refractivity contribution in [2.45, 2.75) is 31.8 Å². The number of nitrogens with one attached hydrogen (secondary N) is 2. The van der Waals surface area contributed by atoms with E-state index in [1.807, 2.05) is 0 Å². The van der Waals surface area contributed by atoms with E-state index in [4.69, 9.17) is 4.74 Å². The Kier molecular flexibility index (Phi) is 5.77. The molecule has 3 amide bonds. The fourth-order valence-corrected chi connectivity index (χ4v) is 3.89. The molecule has 2 aromatic carbocycles. The van der Waals surface area contributed by atoms with Gasteiger partial charge in [-0.15, -0.1) is 0 Å². The number of hydrogen-bond donors (Lipinski definition) is 2. The minimum absolute atomic E-state index is 0.0133. The van der Waals surface area contributed by atoms with Gasteiger partial charge in [-0.2, -0.15) is 0 Å². The maximum absolute atomic E-state index is 14.6. The molecule has 168 valence electrons. The second-order valence-electron chi connectivity index (χ2n) is 7.90. The van der Waals surface area contributed by atoms with E-state index in [2.05, 4.69) is 10.6 Å². The highest BCUT2D eigenvalue weighted by atomic mass is 19.1. The molecule has 4 rings (SSSR count). The highest BCUT2D eigenvalue weighted by molar-refractivity contribution is 6.01. The van der Waals surface area contributed by atoms with Crippen LogP contribution in [0.3, 0.4) is 0 Å². The number of imide groups is 1. The van der Waals surface area contributed by atoms with Gasteiger partial charge in [-0.3, -0.25) is 20.2 Å². The molecule has 2 saturated heterocycles. The number of ether oxygens (including phenoxy) is 1. The third-order valence-electron chi connectivity index (χ3n) is 5.43. The van der Waals surface area contributed by atoms with Gasteiger partial charge in [-0.1, -0.05) is 0 Å². The smallest absolute Gasteiger partial charge is 0.412 e. The second kappa shape index (κ2) is 8.52. The van der Waals surface area contributed by atoms with Crippen LogP contribution in [0.2, 0.25) is 0 Å². The predicted octanol–water partition coefficient (Wildman–Crippen LogP) is 3.37. The molecule has 2 heterocycles. The number of carbonyl (C=O) groups excluding carboxylic acids is 3. The number of rotatable bonds is 4. The van der Waals surface area contributed by atoms with Crippen LogP contribution in [0.25, 0.3) is 0 Å². The van der Waals surface area contributed by atoms with Gasteiger partial charge >= 0.3 is 6.09 Å². The number of hydrogen-bond acceptors (Lipinski definition) is 5. The van der Waals surface area contributed by atoms with Crippen molar-refractivity contribution in [1.29, 1.82) is 0 Å². The Hall–Kier alpha value is -3.56. The summed E-state index contributed by atoms with van der Waals surface area (Å²) in [4.78, 5) is 36.8. The van der Waals surface area contributed by atoms with Crippen molar-refractivity contribution in [3.63, 3.8) is 0 Å². The first-order valence-corrected chi connectivity index (χ1v) is 10.0. The lowest BCUT2D eigenvalue weighted by molar-refractivity contribution is -0.134. The maximum Gasteiger partial charge on any atom is 0.412 e. The molecule has 0 radical (unpaired) electrons. The normalized spacial score (nSPS) is 18.8. The van der Waals surface area contributed by atoms with Crippen LogP contribution in [0.15, 0.2) is 30.3 Å². The topological polar surface area (TPSA) is 87.7 Å². The monoisotopic (exact) mass is 447 g/mol. The summed E-state index contributed by atoms with van der Waals surface area (Å²) in [6, 6.07) is 6.32. The summed E-state index contributed by atoms with van der Waals surface area (Å²) in [5.74, 6) is -4.49. The molecule has 0 aromatic heterocycles. The fraction of sp³-hybridized carbons (Fsp3) is 0.318. The number of anilines is 2. The van der Waals surface area contributed by atoms with Gasteiger partial charge in [-0.05, 0) is 49.2 Å². The van der Waals surface area contributed by atoms with Gasteiger partial charge < -0.3 is 9.64 Å². The van der Waals surface area contributed by atoms with E-state index in [1.165, 1.54) is 6.07 Å². The molecule has 0 saturated carbocycles. The van der Waals surface area contributed by atoms with Crippen LogP contribution in [-0.2, 0) is 14.3 Å².